The Labute approximate surface area is 108 Å². The van der Waals surface area contributed by atoms with Gasteiger partial charge in [-0.05, 0) is 50.6 Å². The van der Waals surface area contributed by atoms with E-state index in [0.717, 1.165) is 32.5 Å². The first-order valence-electron chi connectivity index (χ1n) is 6.57. The third-order valence-electron chi connectivity index (χ3n) is 3.36. The van der Waals surface area contributed by atoms with Crippen LogP contribution in [0.1, 0.15) is 25.3 Å². The molecule has 98 valence electrons. The number of rotatable bonds is 4. The maximum atomic E-state index is 11.6. The largest absolute Gasteiger partial charge is 0.466 e. The van der Waals surface area contributed by atoms with E-state index >= 15 is 0 Å². The number of carbonyl (C=O) groups excluding carboxylic acids is 1. The molecule has 1 saturated heterocycles. The average molecular weight is 248 g/mol. The van der Waals surface area contributed by atoms with Gasteiger partial charge in [0.25, 0.3) is 0 Å². The van der Waals surface area contributed by atoms with Crippen LogP contribution in [0.3, 0.4) is 0 Å². The van der Waals surface area contributed by atoms with Gasteiger partial charge in [-0.15, -0.1) is 0 Å². The van der Waals surface area contributed by atoms with Crippen molar-refractivity contribution in [2.75, 3.05) is 19.7 Å². The lowest BCUT2D eigenvalue weighted by Crippen LogP contribution is -2.36. The highest BCUT2D eigenvalue weighted by molar-refractivity contribution is 5.72. The van der Waals surface area contributed by atoms with Crippen molar-refractivity contribution in [3.8, 4) is 0 Å². The predicted octanol–water partition coefficient (Wildman–Crippen LogP) is 1.86. The van der Waals surface area contributed by atoms with E-state index in [4.69, 9.17) is 4.74 Å². The van der Waals surface area contributed by atoms with Crippen molar-refractivity contribution < 1.29 is 9.53 Å². The Kier molecular flexibility index (Phi) is 4.70. The zero-order valence-electron chi connectivity index (χ0n) is 10.8. The number of likely N-dealkylation sites (tertiary alicyclic amines) is 1. The minimum atomic E-state index is -0.0268. The smallest absolute Gasteiger partial charge is 0.309 e. The van der Waals surface area contributed by atoms with Crippen molar-refractivity contribution in [2.45, 2.75) is 26.3 Å². The third kappa shape index (κ3) is 3.53. The lowest BCUT2D eigenvalue weighted by molar-refractivity contribution is -0.149. The molecule has 0 unspecified atom stereocenters. The second-order valence-corrected chi connectivity index (χ2v) is 4.66. The second-order valence-electron chi connectivity index (χ2n) is 4.66. The molecule has 0 spiro atoms. The van der Waals surface area contributed by atoms with Gasteiger partial charge in [-0.25, -0.2) is 0 Å². The van der Waals surface area contributed by atoms with Crippen molar-refractivity contribution >= 4 is 5.97 Å². The number of hydrogen-bond donors (Lipinski definition) is 0. The number of pyridine rings is 1. The SMILES string of the molecule is CCOC(=O)C1CCN(Cc2ccncc2)CC1. The molecule has 2 rings (SSSR count). The van der Waals surface area contributed by atoms with Crippen LogP contribution in [0.2, 0.25) is 0 Å². The molecule has 0 atom stereocenters. The number of hydrogen-bond acceptors (Lipinski definition) is 4. The molecule has 4 nitrogen and oxygen atoms in total. The third-order valence-corrected chi connectivity index (χ3v) is 3.36. The van der Waals surface area contributed by atoms with E-state index in [1.54, 1.807) is 0 Å². The van der Waals surface area contributed by atoms with E-state index < -0.39 is 0 Å². The number of piperidine rings is 1. The van der Waals surface area contributed by atoms with Crippen molar-refractivity contribution in [1.29, 1.82) is 0 Å². The molecule has 0 bridgehead atoms. The zero-order chi connectivity index (χ0) is 12.8. The van der Waals surface area contributed by atoms with Crippen LogP contribution in [0, 0.1) is 5.92 Å². The lowest BCUT2D eigenvalue weighted by atomic mass is 9.97. The van der Waals surface area contributed by atoms with Gasteiger partial charge in [0.1, 0.15) is 0 Å². The first-order valence-corrected chi connectivity index (χ1v) is 6.57. The van der Waals surface area contributed by atoms with Crippen LogP contribution in [0.25, 0.3) is 0 Å². The summed E-state index contributed by atoms with van der Waals surface area (Å²) in [5, 5.41) is 0. The number of aromatic nitrogens is 1. The van der Waals surface area contributed by atoms with Crippen LogP contribution in [-0.2, 0) is 16.1 Å². The van der Waals surface area contributed by atoms with Gasteiger partial charge < -0.3 is 4.74 Å². The van der Waals surface area contributed by atoms with Crippen LogP contribution >= 0.6 is 0 Å². The minimum absolute atomic E-state index is 0.0268. The molecule has 0 radical (unpaired) electrons. The summed E-state index contributed by atoms with van der Waals surface area (Å²) in [5.41, 5.74) is 1.28. The van der Waals surface area contributed by atoms with Crippen LogP contribution in [-0.4, -0.2) is 35.5 Å². The summed E-state index contributed by atoms with van der Waals surface area (Å²) in [6.07, 6.45) is 5.45. The maximum Gasteiger partial charge on any atom is 0.309 e. The number of ether oxygens (including phenoxy) is 1. The van der Waals surface area contributed by atoms with E-state index in [-0.39, 0.29) is 11.9 Å². The Morgan fingerprint density at radius 2 is 2.06 bits per heavy atom. The van der Waals surface area contributed by atoms with Crippen LogP contribution in [0.5, 0.6) is 0 Å². The molecule has 2 heterocycles. The van der Waals surface area contributed by atoms with Crippen molar-refractivity contribution in [3.05, 3.63) is 30.1 Å². The number of esters is 1. The Hall–Kier alpha value is -1.42. The maximum absolute atomic E-state index is 11.6. The molecule has 1 aromatic heterocycles. The Morgan fingerprint density at radius 1 is 1.39 bits per heavy atom. The fourth-order valence-electron chi connectivity index (χ4n) is 2.33. The van der Waals surface area contributed by atoms with Gasteiger partial charge in [-0.3, -0.25) is 14.7 Å². The Bertz CT molecular complexity index is 373. The molecule has 4 heteroatoms. The van der Waals surface area contributed by atoms with Gasteiger partial charge in [0.2, 0.25) is 0 Å². The molecular formula is C14H20N2O2. The van der Waals surface area contributed by atoms with E-state index in [0.29, 0.717) is 6.61 Å². The van der Waals surface area contributed by atoms with E-state index in [1.807, 2.05) is 31.5 Å². The van der Waals surface area contributed by atoms with E-state index in [9.17, 15) is 4.79 Å². The monoisotopic (exact) mass is 248 g/mol. The summed E-state index contributed by atoms with van der Waals surface area (Å²) >= 11 is 0. The van der Waals surface area contributed by atoms with E-state index in [2.05, 4.69) is 9.88 Å². The van der Waals surface area contributed by atoms with Crippen molar-refractivity contribution in [3.63, 3.8) is 0 Å². The van der Waals surface area contributed by atoms with Gasteiger partial charge in [0.05, 0.1) is 12.5 Å². The molecule has 0 amide bonds. The summed E-state index contributed by atoms with van der Waals surface area (Å²) < 4.78 is 5.07. The summed E-state index contributed by atoms with van der Waals surface area (Å²) in [5.74, 6) is 0.0692. The summed E-state index contributed by atoms with van der Waals surface area (Å²) in [4.78, 5) is 18.0. The molecule has 1 aliphatic heterocycles. The molecule has 1 aliphatic rings. The molecule has 1 aromatic rings. The van der Waals surface area contributed by atoms with Crippen molar-refractivity contribution in [1.82, 2.24) is 9.88 Å². The zero-order valence-corrected chi connectivity index (χ0v) is 10.8. The minimum Gasteiger partial charge on any atom is -0.466 e. The summed E-state index contributed by atoms with van der Waals surface area (Å²) in [6.45, 7) is 5.21. The molecular weight excluding hydrogens is 228 g/mol. The standard InChI is InChI=1S/C14H20N2O2/c1-2-18-14(17)13-5-9-16(10-6-13)11-12-3-7-15-8-4-12/h3-4,7-8,13H,2,5-6,9-11H2,1H3. The fraction of sp³-hybridized carbons (Fsp3) is 0.571. The fourth-order valence-corrected chi connectivity index (χ4v) is 2.33. The quantitative estimate of drug-likeness (QED) is 0.763. The first kappa shape index (κ1) is 13.0. The topological polar surface area (TPSA) is 42.4 Å². The lowest BCUT2D eigenvalue weighted by Gasteiger charge is -2.30. The molecule has 0 N–H and O–H groups in total. The molecule has 0 saturated carbocycles. The normalized spacial score (nSPS) is 17.6. The van der Waals surface area contributed by atoms with Crippen molar-refractivity contribution in [2.24, 2.45) is 5.92 Å². The molecule has 0 aromatic carbocycles. The number of nitrogens with zero attached hydrogens (tertiary/aromatic N) is 2. The highest BCUT2D eigenvalue weighted by atomic mass is 16.5. The van der Waals surface area contributed by atoms with Gasteiger partial charge in [0, 0.05) is 18.9 Å². The highest BCUT2D eigenvalue weighted by Crippen LogP contribution is 2.20. The van der Waals surface area contributed by atoms with Crippen LogP contribution in [0.15, 0.2) is 24.5 Å². The predicted molar refractivity (Wildman–Crippen MR) is 68.9 cm³/mol. The van der Waals surface area contributed by atoms with Gasteiger partial charge >= 0.3 is 5.97 Å². The first-order chi connectivity index (χ1) is 8.79. The van der Waals surface area contributed by atoms with E-state index in [1.165, 1.54) is 5.56 Å². The number of carbonyl (C=O) groups is 1. The highest BCUT2D eigenvalue weighted by Gasteiger charge is 2.25. The van der Waals surface area contributed by atoms with Gasteiger partial charge in [0.15, 0.2) is 0 Å². The average Bonchev–Trinajstić information content (AvgIpc) is 2.41. The summed E-state index contributed by atoms with van der Waals surface area (Å²) in [7, 11) is 0. The second kappa shape index (κ2) is 6.50. The summed E-state index contributed by atoms with van der Waals surface area (Å²) in [6, 6.07) is 4.08. The van der Waals surface area contributed by atoms with Crippen LogP contribution in [0.4, 0.5) is 0 Å². The Balaban J connectivity index is 1.78. The van der Waals surface area contributed by atoms with Crippen LogP contribution < -0.4 is 0 Å². The molecule has 18 heavy (non-hydrogen) atoms. The molecule has 1 fully saturated rings. The molecule has 0 aliphatic carbocycles. The van der Waals surface area contributed by atoms with Gasteiger partial charge in [-0.1, -0.05) is 0 Å². The van der Waals surface area contributed by atoms with Gasteiger partial charge in [-0.2, -0.15) is 0 Å². The Morgan fingerprint density at radius 3 is 2.67 bits per heavy atom.